The minimum absolute atomic E-state index is 0.166. The molecule has 2 aliphatic heterocycles. The molecule has 7 nitrogen and oxygen atoms in total. The number of likely N-dealkylation sites (tertiary alicyclic amines) is 1. The minimum atomic E-state index is -0.353. The molecule has 4 heterocycles. The van der Waals surface area contributed by atoms with E-state index in [0.717, 1.165) is 43.8 Å². The molecular weight excluding hydrogens is 399 g/mol. The van der Waals surface area contributed by atoms with Crippen molar-refractivity contribution < 1.29 is 13.9 Å². The van der Waals surface area contributed by atoms with Crippen molar-refractivity contribution in [1.82, 2.24) is 19.4 Å². The Hall–Kier alpha value is -3.00. The predicted octanol–water partition coefficient (Wildman–Crippen LogP) is 2.80. The Morgan fingerprint density at radius 3 is 2.81 bits per heavy atom. The lowest BCUT2D eigenvalue weighted by Crippen LogP contribution is -2.43. The van der Waals surface area contributed by atoms with E-state index in [-0.39, 0.29) is 11.4 Å². The van der Waals surface area contributed by atoms with Gasteiger partial charge in [-0.25, -0.2) is 9.37 Å². The molecule has 0 N–H and O–H groups in total. The van der Waals surface area contributed by atoms with E-state index >= 15 is 0 Å². The monoisotopic (exact) mass is 424 g/mol. The molecule has 5 rings (SSSR count). The van der Waals surface area contributed by atoms with E-state index in [9.17, 15) is 9.18 Å². The minimum Gasteiger partial charge on any atom is -0.486 e. The second-order valence-electron chi connectivity index (χ2n) is 8.09. The van der Waals surface area contributed by atoms with Gasteiger partial charge in [0.2, 0.25) is 0 Å². The Balaban J connectivity index is 1.32. The van der Waals surface area contributed by atoms with Gasteiger partial charge in [0.25, 0.3) is 5.56 Å². The van der Waals surface area contributed by atoms with Crippen LogP contribution >= 0.6 is 0 Å². The zero-order valence-corrected chi connectivity index (χ0v) is 17.3. The van der Waals surface area contributed by atoms with Gasteiger partial charge >= 0.3 is 0 Å². The van der Waals surface area contributed by atoms with Crippen LogP contribution in [0.4, 0.5) is 4.39 Å². The average Bonchev–Trinajstić information content (AvgIpc) is 2.79. The third kappa shape index (κ3) is 4.25. The number of hydrogen-bond acceptors (Lipinski definition) is 6. The molecule has 31 heavy (non-hydrogen) atoms. The Labute approximate surface area is 179 Å². The van der Waals surface area contributed by atoms with Crippen LogP contribution in [0.5, 0.6) is 11.5 Å². The first-order valence-corrected chi connectivity index (χ1v) is 10.8. The van der Waals surface area contributed by atoms with Gasteiger partial charge in [-0.15, -0.1) is 0 Å². The van der Waals surface area contributed by atoms with E-state index in [4.69, 9.17) is 9.47 Å². The first kappa shape index (κ1) is 19.9. The number of benzene rings is 1. The van der Waals surface area contributed by atoms with Gasteiger partial charge in [0, 0.05) is 43.4 Å². The quantitative estimate of drug-likeness (QED) is 0.627. The van der Waals surface area contributed by atoms with E-state index < -0.39 is 0 Å². The SMILES string of the molecule is O=c1cnc2cc(F)ccc2n1CCN1CCCCC1Cc1cc2c(cn1)OCCO2. The smallest absolute Gasteiger partial charge is 0.269 e. The molecule has 162 valence electrons. The summed E-state index contributed by atoms with van der Waals surface area (Å²) in [5.74, 6) is 1.12. The summed E-state index contributed by atoms with van der Waals surface area (Å²) in [6.45, 7) is 3.38. The third-order valence-electron chi connectivity index (χ3n) is 6.10. The summed E-state index contributed by atoms with van der Waals surface area (Å²) < 4.78 is 26.5. The van der Waals surface area contributed by atoms with Gasteiger partial charge in [0.05, 0.1) is 23.4 Å². The first-order chi connectivity index (χ1) is 15.2. The summed E-state index contributed by atoms with van der Waals surface area (Å²) in [5.41, 5.74) is 1.98. The maximum atomic E-state index is 13.6. The highest BCUT2D eigenvalue weighted by molar-refractivity contribution is 5.74. The molecule has 2 aliphatic rings. The van der Waals surface area contributed by atoms with Gasteiger partial charge in [0.15, 0.2) is 11.5 Å². The highest BCUT2D eigenvalue weighted by Gasteiger charge is 2.24. The summed E-state index contributed by atoms with van der Waals surface area (Å²) >= 11 is 0. The number of hydrogen-bond donors (Lipinski definition) is 0. The molecule has 1 atom stereocenters. The fourth-order valence-corrected chi connectivity index (χ4v) is 4.53. The fraction of sp³-hybridized carbons (Fsp3) is 0.435. The van der Waals surface area contributed by atoms with Gasteiger partial charge in [-0.05, 0) is 31.5 Å². The fourth-order valence-electron chi connectivity index (χ4n) is 4.53. The van der Waals surface area contributed by atoms with Crippen molar-refractivity contribution in [3.63, 3.8) is 0 Å². The van der Waals surface area contributed by atoms with Gasteiger partial charge in [0.1, 0.15) is 19.0 Å². The number of ether oxygens (including phenoxy) is 2. The predicted molar refractivity (Wildman–Crippen MR) is 114 cm³/mol. The zero-order valence-electron chi connectivity index (χ0n) is 17.3. The Morgan fingerprint density at radius 2 is 1.90 bits per heavy atom. The molecule has 0 aliphatic carbocycles. The lowest BCUT2D eigenvalue weighted by Gasteiger charge is -2.36. The molecule has 1 fully saturated rings. The topological polar surface area (TPSA) is 69.5 Å². The zero-order chi connectivity index (χ0) is 21.2. The lowest BCUT2D eigenvalue weighted by molar-refractivity contribution is 0.140. The van der Waals surface area contributed by atoms with Crippen LogP contribution in [0, 0.1) is 5.82 Å². The van der Waals surface area contributed by atoms with E-state index in [0.29, 0.717) is 42.6 Å². The number of aromatic nitrogens is 3. The van der Waals surface area contributed by atoms with Crippen molar-refractivity contribution in [3.05, 3.63) is 58.5 Å². The van der Waals surface area contributed by atoms with Crippen LogP contribution in [0.15, 0.2) is 41.5 Å². The van der Waals surface area contributed by atoms with E-state index in [1.54, 1.807) is 16.8 Å². The van der Waals surface area contributed by atoms with Crippen LogP contribution in [0.3, 0.4) is 0 Å². The van der Waals surface area contributed by atoms with Crippen molar-refractivity contribution in [1.29, 1.82) is 0 Å². The summed E-state index contributed by atoms with van der Waals surface area (Å²) in [5, 5.41) is 0. The third-order valence-corrected chi connectivity index (χ3v) is 6.10. The second-order valence-corrected chi connectivity index (χ2v) is 8.09. The second kappa shape index (κ2) is 8.63. The maximum absolute atomic E-state index is 13.6. The van der Waals surface area contributed by atoms with Crippen molar-refractivity contribution in [3.8, 4) is 11.5 Å². The van der Waals surface area contributed by atoms with Crippen molar-refractivity contribution in [2.24, 2.45) is 0 Å². The van der Waals surface area contributed by atoms with Crippen LogP contribution in [0.2, 0.25) is 0 Å². The van der Waals surface area contributed by atoms with Crippen LogP contribution in [-0.2, 0) is 13.0 Å². The molecule has 0 radical (unpaired) electrons. The number of halogens is 1. The number of nitrogens with zero attached hydrogens (tertiary/aromatic N) is 4. The number of fused-ring (bicyclic) bond motifs is 2. The molecule has 0 saturated carbocycles. The van der Waals surface area contributed by atoms with Gasteiger partial charge in [-0.1, -0.05) is 6.42 Å². The van der Waals surface area contributed by atoms with Gasteiger partial charge < -0.3 is 14.0 Å². The molecule has 1 unspecified atom stereocenters. The van der Waals surface area contributed by atoms with Crippen molar-refractivity contribution >= 4 is 11.0 Å². The lowest BCUT2D eigenvalue weighted by atomic mass is 9.97. The highest BCUT2D eigenvalue weighted by atomic mass is 19.1. The number of piperidine rings is 1. The molecule has 2 aromatic heterocycles. The van der Waals surface area contributed by atoms with Crippen LogP contribution < -0.4 is 15.0 Å². The molecule has 1 saturated heterocycles. The molecule has 0 spiro atoms. The van der Waals surface area contributed by atoms with Crippen LogP contribution in [-0.4, -0.2) is 51.8 Å². The number of rotatable bonds is 5. The van der Waals surface area contributed by atoms with Crippen molar-refractivity contribution in [2.75, 3.05) is 26.3 Å². The van der Waals surface area contributed by atoms with E-state index in [1.807, 2.05) is 6.07 Å². The van der Waals surface area contributed by atoms with E-state index in [2.05, 4.69) is 14.9 Å². The van der Waals surface area contributed by atoms with Crippen molar-refractivity contribution in [2.45, 2.75) is 38.3 Å². The molecule has 1 aromatic carbocycles. The summed E-state index contributed by atoms with van der Waals surface area (Å²) in [4.78, 5) is 23.5. The molecule has 0 bridgehead atoms. The number of pyridine rings is 1. The molecule has 0 amide bonds. The summed E-state index contributed by atoms with van der Waals surface area (Å²) in [7, 11) is 0. The van der Waals surface area contributed by atoms with E-state index in [1.165, 1.54) is 24.8 Å². The maximum Gasteiger partial charge on any atom is 0.269 e. The normalized spacial score (nSPS) is 18.9. The van der Waals surface area contributed by atoms with Gasteiger partial charge in [-0.2, -0.15) is 0 Å². The summed E-state index contributed by atoms with van der Waals surface area (Å²) in [6, 6.07) is 6.70. The molecule has 8 heteroatoms. The Bertz CT molecular complexity index is 1150. The Morgan fingerprint density at radius 1 is 1.03 bits per heavy atom. The molecule has 3 aromatic rings. The van der Waals surface area contributed by atoms with Crippen LogP contribution in [0.25, 0.3) is 11.0 Å². The average molecular weight is 424 g/mol. The molecular formula is C23H25FN4O3. The largest absolute Gasteiger partial charge is 0.486 e. The summed E-state index contributed by atoms with van der Waals surface area (Å²) in [6.07, 6.45) is 7.26. The first-order valence-electron chi connectivity index (χ1n) is 10.8. The van der Waals surface area contributed by atoms with Gasteiger partial charge in [-0.3, -0.25) is 14.7 Å². The highest BCUT2D eigenvalue weighted by Crippen LogP contribution is 2.30. The Kier molecular flexibility index (Phi) is 5.55. The standard InChI is InChI=1S/C23H25FN4O3/c24-16-4-5-20-19(11-16)26-15-23(29)28(20)8-7-27-6-2-1-3-18(27)12-17-13-21-22(14-25-17)31-10-9-30-21/h4-5,11,13-15,18H,1-3,6-10,12H2. The van der Waals surface area contributed by atoms with Crippen LogP contribution in [0.1, 0.15) is 25.0 Å².